The van der Waals surface area contributed by atoms with Crippen LogP contribution >= 0.6 is 11.6 Å². The second kappa shape index (κ2) is 2.20. The second-order valence-electron chi connectivity index (χ2n) is 2.49. The molecule has 2 nitrogen and oxygen atoms in total. The van der Waals surface area contributed by atoms with Gasteiger partial charge in [-0.1, -0.05) is 11.6 Å². The summed E-state index contributed by atoms with van der Waals surface area (Å²) in [5.74, 6) is 0.638. The topological polar surface area (TPSA) is 25.8 Å². The molecule has 1 aliphatic rings. The second-order valence-corrected chi connectivity index (χ2v) is 2.85. The first kappa shape index (κ1) is 6.10. The molecule has 0 unspecified atom stereocenters. The number of hydrogen-bond acceptors (Lipinski definition) is 2. The highest BCUT2D eigenvalue weighted by molar-refractivity contribution is 6.30. The maximum atomic E-state index is 5.77. The van der Waals surface area contributed by atoms with E-state index < -0.39 is 0 Å². The molecule has 10 heavy (non-hydrogen) atoms. The van der Waals surface area contributed by atoms with Crippen molar-refractivity contribution in [3.63, 3.8) is 0 Å². The molecular weight excluding hydrogens is 148 g/mol. The zero-order valence-electron chi connectivity index (χ0n) is 5.34. The Morgan fingerprint density at radius 1 is 1.60 bits per heavy atom. The van der Waals surface area contributed by atoms with Crippen LogP contribution in [0, 0.1) is 6.20 Å². The van der Waals surface area contributed by atoms with Crippen LogP contribution in [0.2, 0.25) is 5.15 Å². The van der Waals surface area contributed by atoms with Crippen molar-refractivity contribution in [2.24, 2.45) is 0 Å². The fraction of sp³-hybridized carbons (Fsp3) is 0.429. The predicted octanol–water partition coefficient (Wildman–Crippen LogP) is 1.81. The van der Waals surface area contributed by atoms with Gasteiger partial charge in [0.1, 0.15) is 6.20 Å². The predicted molar refractivity (Wildman–Crippen MR) is 37.9 cm³/mol. The van der Waals surface area contributed by atoms with Gasteiger partial charge in [-0.25, -0.2) is 0 Å². The third-order valence-electron chi connectivity index (χ3n) is 1.67. The van der Waals surface area contributed by atoms with Gasteiger partial charge in [-0.2, -0.15) is 0 Å². The summed E-state index contributed by atoms with van der Waals surface area (Å²) >= 11 is 5.77. The largest absolute Gasteiger partial charge is 0.155 e. The highest BCUT2D eigenvalue weighted by atomic mass is 35.5. The van der Waals surface area contributed by atoms with E-state index in [1.165, 1.54) is 12.8 Å². The van der Waals surface area contributed by atoms with Crippen LogP contribution in [0.25, 0.3) is 0 Å². The molecule has 3 heteroatoms. The van der Waals surface area contributed by atoms with E-state index in [0.717, 1.165) is 5.56 Å². The standard InChI is InChI=1S/C7H6ClN2/c8-7-6(5-1-2-5)3-4-9-10-7/h3,5H,1-2H2. The lowest BCUT2D eigenvalue weighted by Gasteiger charge is -1.95. The van der Waals surface area contributed by atoms with E-state index in [-0.39, 0.29) is 0 Å². The molecular formula is C7H6ClN2. The first-order valence-electron chi connectivity index (χ1n) is 3.27. The van der Waals surface area contributed by atoms with Crippen LogP contribution in [0.4, 0.5) is 0 Å². The molecule has 1 heterocycles. The quantitative estimate of drug-likeness (QED) is 0.615. The monoisotopic (exact) mass is 153 g/mol. The molecule has 1 radical (unpaired) electrons. The Kier molecular flexibility index (Phi) is 1.34. The van der Waals surface area contributed by atoms with Crippen LogP contribution in [-0.2, 0) is 0 Å². The van der Waals surface area contributed by atoms with Gasteiger partial charge in [-0.3, -0.25) is 0 Å². The van der Waals surface area contributed by atoms with Crippen molar-refractivity contribution < 1.29 is 0 Å². The van der Waals surface area contributed by atoms with Gasteiger partial charge in [0.2, 0.25) is 0 Å². The Hall–Kier alpha value is -0.630. The van der Waals surface area contributed by atoms with Crippen molar-refractivity contribution in [1.29, 1.82) is 0 Å². The molecule has 2 rings (SSSR count). The van der Waals surface area contributed by atoms with Crippen LogP contribution in [0.3, 0.4) is 0 Å². The van der Waals surface area contributed by atoms with E-state index in [2.05, 4.69) is 16.4 Å². The molecule has 1 aromatic rings. The maximum Gasteiger partial charge on any atom is 0.155 e. The molecule has 1 saturated carbocycles. The van der Waals surface area contributed by atoms with Gasteiger partial charge < -0.3 is 0 Å². The first-order chi connectivity index (χ1) is 4.88. The third-order valence-corrected chi connectivity index (χ3v) is 1.96. The Labute approximate surface area is 64.2 Å². The fourth-order valence-electron chi connectivity index (χ4n) is 0.969. The average Bonchev–Trinajstić information content (AvgIpc) is 2.71. The Balaban J connectivity index is 2.39. The zero-order chi connectivity index (χ0) is 6.97. The van der Waals surface area contributed by atoms with Gasteiger partial charge in [-0.05, 0) is 30.4 Å². The maximum absolute atomic E-state index is 5.77. The van der Waals surface area contributed by atoms with Crippen molar-refractivity contribution in [2.45, 2.75) is 18.8 Å². The Bertz CT molecular complexity index is 245. The highest BCUT2D eigenvalue weighted by Gasteiger charge is 2.26. The number of aromatic nitrogens is 2. The van der Waals surface area contributed by atoms with Crippen molar-refractivity contribution in [2.75, 3.05) is 0 Å². The van der Waals surface area contributed by atoms with Crippen LogP contribution in [0.5, 0.6) is 0 Å². The smallest absolute Gasteiger partial charge is 0.147 e. The Morgan fingerprint density at radius 2 is 2.40 bits per heavy atom. The molecule has 0 aromatic carbocycles. The molecule has 1 aromatic heterocycles. The van der Waals surface area contributed by atoms with Gasteiger partial charge in [0.05, 0.1) is 0 Å². The Morgan fingerprint density at radius 3 is 3.00 bits per heavy atom. The number of halogens is 1. The molecule has 0 saturated heterocycles. The van der Waals surface area contributed by atoms with Crippen LogP contribution < -0.4 is 0 Å². The summed E-state index contributed by atoms with van der Waals surface area (Å²) in [4.78, 5) is 0. The van der Waals surface area contributed by atoms with E-state index in [4.69, 9.17) is 11.6 Å². The molecule has 0 amide bonds. The van der Waals surface area contributed by atoms with Crippen LogP contribution in [-0.4, -0.2) is 10.2 Å². The lowest BCUT2D eigenvalue weighted by atomic mass is 10.2. The van der Waals surface area contributed by atoms with E-state index in [1.54, 1.807) is 0 Å². The van der Waals surface area contributed by atoms with Crippen LogP contribution in [0.1, 0.15) is 24.3 Å². The first-order valence-corrected chi connectivity index (χ1v) is 3.65. The van der Waals surface area contributed by atoms with Crippen molar-refractivity contribution in [3.05, 3.63) is 23.0 Å². The summed E-state index contributed by atoms with van der Waals surface area (Å²) in [5, 5.41) is 7.79. The molecule has 1 aliphatic carbocycles. The summed E-state index contributed by atoms with van der Waals surface area (Å²) in [6.07, 6.45) is 5.15. The summed E-state index contributed by atoms with van der Waals surface area (Å²) < 4.78 is 0. The van der Waals surface area contributed by atoms with E-state index in [0.29, 0.717) is 11.1 Å². The minimum absolute atomic E-state index is 0.543. The minimum atomic E-state index is 0.543. The van der Waals surface area contributed by atoms with Gasteiger partial charge in [0, 0.05) is 0 Å². The van der Waals surface area contributed by atoms with Crippen molar-refractivity contribution in [1.82, 2.24) is 10.2 Å². The number of hydrogen-bond donors (Lipinski definition) is 0. The molecule has 1 fully saturated rings. The SMILES string of the molecule is Clc1nn[c]cc1C1CC1. The number of nitrogens with zero attached hydrogens (tertiary/aromatic N) is 2. The molecule has 0 bridgehead atoms. The van der Waals surface area contributed by atoms with Crippen molar-refractivity contribution in [3.8, 4) is 0 Å². The zero-order valence-corrected chi connectivity index (χ0v) is 6.10. The molecule has 0 atom stereocenters. The third kappa shape index (κ3) is 0.991. The number of rotatable bonds is 1. The minimum Gasteiger partial charge on any atom is -0.147 e. The van der Waals surface area contributed by atoms with Gasteiger partial charge in [0.25, 0.3) is 0 Å². The summed E-state index contributed by atoms with van der Waals surface area (Å²) in [5.41, 5.74) is 1.11. The summed E-state index contributed by atoms with van der Waals surface area (Å²) in [6, 6.07) is 1.83. The molecule has 0 N–H and O–H groups in total. The lowest BCUT2D eigenvalue weighted by molar-refractivity contribution is 0.972. The molecule has 0 aliphatic heterocycles. The van der Waals surface area contributed by atoms with Crippen LogP contribution in [0.15, 0.2) is 6.07 Å². The average molecular weight is 154 g/mol. The fourth-order valence-corrected chi connectivity index (χ4v) is 1.22. The van der Waals surface area contributed by atoms with Gasteiger partial charge in [0.15, 0.2) is 5.15 Å². The van der Waals surface area contributed by atoms with E-state index in [9.17, 15) is 0 Å². The summed E-state index contributed by atoms with van der Waals surface area (Å²) in [6.45, 7) is 0. The molecule has 51 valence electrons. The van der Waals surface area contributed by atoms with Crippen molar-refractivity contribution >= 4 is 11.6 Å². The van der Waals surface area contributed by atoms with E-state index >= 15 is 0 Å². The van der Waals surface area contributed by atoms with Gasteiger partial charge in [-0.15, -0.1) is 10.2 Å². The summed E-state index contributed by atoms with van der Waals surface area (Å²) in [7, 11) is 0. The normalized spacial score (nSPS) is 17.3. The highest BCUT2D eigenvalue weighted by Crippen LogP contribution is 2.41. The van der Waals surface area contributed by atoms with Gasteiger partial charge >= 0.3 is 0 Å². The van der Waals surface area contributed by atoms with E-state index in [1.807, 2.05) is 6.07 Å². The molecule has 0 spiro atoms. The lowest BCUT2D eigenvalue weighted by Crippen LogP contribution is -1.87.